The fourth-order valence-corrected chi connectivity index (χ4v) is 6.70. The fraction of sp³-hybridized carbons (Fsp3) is 0.667. The summed E-state index contributed by atoms with van der Waals surface area (Å²) < 4.78 is 40.5. The van der Waals surface area contributed by atoms with Gasteiger partial charge in [0.15, 0.2) is 5.69 Å². The van der Waals surface area contributed by atoms with Gasteiger partial charge in [0.2, 0.25) is 0 Å². The number of aryl methyl sites for hydroxylation is 1. The maximum Gasteiger partial charge on any atom is 0.433 e. The van der Waals surface area contributed by atoms with Crippen molar-refractivity contribution in [2.24, 2.45) is 24.8 Å². The first-order valence-corrected chi connectivity index (χ1v) is 12.3. The van der Waals surface area contributed by atoms with Gasteiger partial charge in [-0.05, 0) is 69.1 Å². The molecule has 0 spiro atoms. The van der Waals surface area contributed by atoms with Crippen LogP contribution >= 0.6 is 0 Å². The molecular formula is C24H30F3N5O4. The van der Waals surface area contributed by atoms with E-state index in [4.69, 9.17) is 5.11 Å². The van der Waals surface area contributed by atoms with E-state index in [2.05, 4.69) is 15.5 Å². The Morgan fingerprint density at radius 1 is 1.11 bits per heavy atom. The number of aliphatic hydroxyl groups is 1. The van der Waals surface area contributed by atoms with Crippen molar-refractivity contribution in [3.8, 4) is 0 Å². The van der Waals surface area contributed by atoms with Gasteiger partial charge >= 0.3 is 12.1 Å². The normalized spacial score (nSPS) is 30.9. The molecule has 5 aliphatic carbocycles. The van der Waals surface area contributed by atoms with Crippen molar-refractivity contribution in [2.45, 2.75) is 75.2 Å². The van der Waals surface area contributed by atoms with Crippen LogP contribution in [-0.4, -0.2) is 53.3 Å². The number of carbonyl (C=O) groups is 2. The molecule has 7 rings (SSSR count). The van der Waals surface area contributed by atoms with Crippen LogP contribution in [0.1, 0.15) is 83.8 Å². The first kappa shape index (κ1) is 24.8. The van der Waals surface area contributed by atoms with E-state index in [1.54, 1.807) is 17.1 Å². The van der Waals surface area contributed by atoms with Crippen LogP contribution in [0.4, 0.5) is 13.2 Å². The molecule has 5 aliphatic rings. The molecule has 0 aliphatic heterocycles. The number of amides is 1. The minimum absolute atomic E-state index is 0.0254. The zero-order valence-electron chi connectivity index (χ0n) is 19.9. The Morgan fingerprint density at radius 2 is 1.78 bits per heavy atom. The number of nitrogens with one attached hydrogen (secondary N) is 1. The summed E-state index contributed by atoms with van der Waals surface area (Å²) in [7, 11) is 1.81. The molecule has 2 aromatic rings. The second kappa shape index (κ2) is 8.89. The first-order chi connectivity index (χ1) is 16.9. The number of carboxylic acids is 1. The molecule has 12 heteroatoms. The first-order valence-electron chi connectivity index (χ1n) is 12.3. The minimum Gasteiger partial charge on any atom is -0.478 e. The Kier molecular flexibility index (Phi) is 6.12. The number of rotatable bonds is 4. The van der Waals surface area contributed by atoms with E-state index in [0.717, 1.165) is 49.4 Å². The number of carbonyl (C=O) groups excluding carboxylic acids is 1. The lowest BCUT2D eigenvalue weighted by Gasteiger charge is -2.58. The molecule has 9 nitrogen and oxygen atoms in total. The van der Waals surface area contributed by atoms with Crippen LogP contribution in [-0.2, 0) is 13.2 Å². The highest BCUT2D eigenvalue weighted by Gasteiger charge is 2.55. The van der Waals surface area contributed by atoms with Gasteiger partial charge < -0.3 is 15.5 Å². The molecule has 0 saturated heterocycles. The Balaban J connectivity index is 0.000000152. The second-order valence-corrected chi connectivity index (χ2v) is 10.8. The highest BCUT2D eigenvalue weighted by Crippen LogP contribution is 2.55. The Bertz CT molecular complexity index is 1140. The summed E-state index contributed by atoms with van der Waals surface area (Å²) >= 11 is 0. The third-order valence-electron chi connectivity index (χ3n) is 8.22. The summed E-state index contributed by atoms with van der Waals surface area (Å²) in [5.74, 6) is -0.0525. The van der Waals surface area contributed by atoms with Crippen LogP contribution < -0.4 is 5.32 Å². The number of aromatic nitrogens is 4. The molecule has 4 bridgehead atoms. The second-order valence-electron chi connectivity index (χ2n) is 10.8. The van der Waals surface area contributed by atoms with Crippen LogP contribution in [0.5, 0.6) is 0 Å². The van der Waals surface area contributed by atoms with E-state index in [-0.39, 0.29) is 18.0 Å². The van der Waals surface area contributed by atoms with Gasteiger partial charge in [0.05, 0.1) is 29.6 Å². The topological polar surface area (TPSA) is 122 Å². The average Bonchev–Trinajstić information content (AvgIpc) is 3.35. The smallest absolute Gasteiger partial charge is 0.433 e. The number of hydrogen-bond donors (Lipinski definition) is 3. The quantitative estimate of drug-likeness (QED) is 0.581. The summed E-state index contributed by atoms with van der Waals surface area (Å²) in [5.41, 5.74) is -1.74. The SMILES string of the molecule is Cn1cc(C(=O)NC2C3CC4CC2CC(O)(C4)C3)cn1.O=C(O)c1cnn(C2CCC2)c1C(F)(F)F. The van der Waals surface area contributed by atoms with Gasteiger partial charge in [-0.15, -0.1) is 0 Å². The molecule has 5 fully saturated rings. The Morgan fingerprint density at radius 3 is 2.25 bits per heavy atom. The van der Waals surface area contributed by atoms with Gasteiger partial charge in [-0.25, -0.2) is 4.79 Å². The zero-order valence-corrected chi connectivity index (χ0v) is 19.9. The molecular weight excluding hydrogens is 479 g/mol. The number of nitrogens with zero attached hydrogens (tertiary/aromatic N) is 4. The summed E-state index contributed by atoms with van der Waals surface area (Å²) in [5, 5.41) is 30.0. The highest BCUT2D eigenvalue weighted by molar-refractivity contribution is 5.94. The molecule has 2 unspecified atom stereocenters. The zero-order chi connectivity index (χ0) is 25.8. The number of alkyl halides is 3. The monoisotopic (exact) mass is 509 g/mol. The molecule has 36 heavy (non-hydrogen) atoms. The largest absolute Gasteiger partial charge is 0.478 e. The summed E-state index contributed by atoms with van der Waals surface area (Å²) in [4.78, 5) is 23.0. The molecule has 0 aromatic carbocycles. The summed E-state index contributed by atoms with van der Waals surface area (Å²) in [6.07, 6.45) is 6.55. The lowest BCUT2D eigenvalue weighted by molar-refractivity contribution is -0.146. The third kappa shape index (κ3) is 4.62. The van der Waals surface area contributed by atoms with Crippen molar-refractivity contribution in [2.75, 3.05) is 0 Å². The minimum atomic E-state index is -4.68. The van der Waals surface area contributed by atoms with Gasteiger partial charge in [0.25, 0.3) is 5.91 Å². The van der Waals surface area contributed by atoms with Crippen LogP contribution in [0.15, 0.2) is 18.6 Å². The standard InChI is InChI=1S/C15H21N3O2.C9H9F3N2O2/c1-18-8-12(7-16-18)14(19)17-13-10-2-9-3-11(13)6-15(20,4-9)5-10;10-9(11,12)7-6(8(15)16)4-13-14(7)5-2-1-3-5/h7-11,13,20H,2-6H2,1H3,(H,17,19);4-5H,1-3H2,(H,15,16). The lowest BCUT2D eigenvalue weighted by atomic mass is 9.52. The maximum atomic E-state index is 12.7. The van der Waals surface area contributed by atoms with Crippen molar-refractivity contribution >= 4 is 11.9 Å². The van der Waals surface area contributed by atoms with Crippen molar-refractivity contribution < 1.29 is 33.0 Å². The Labute approximate surface area is 205 Å². The Hall–Kier alpha value is -2.89. The van der Waals surface area contributed by atoms with E-state index >= 15 is 0 Å². The molecule has 2 atom stereocenters. The molecule has 196 valence electrons. The maximum absolute atomic E-state index is 12.7. The average molecular weight is 510 g/mol. The third-order valence-corrected chi connectivity index (χ3v) is 8.22. The number of aromatic carboxylic acids is 1. The van der Waals surface area contributed by atoms with Gasteiger partial charge in [-0.2, -0.15) is 23.4 Å². The number of carboxylic acid groups (broad SMARTS) is 1. The summed E-state index contributed by atoms with van der Waals surface area (Å²) in [6, 6.07) is -0.0794. The highest BCUT2D eigenvalue weighted by atomic mass is 19.4. The van der Waals surface area contributed by atoms with Crippen LogP contribution in [0.2, 0.25) is 0 Å². The van der Waals surface area contributed by atoms with Gasteiger partial charge in [-0.1, -0.05) is 0 Å². The van der Waals surface area contributed by atoms with Crippen molar-refractivity contribution in [3.63, 3.8) is 0 Å². The van der Waals surface area contributed by atoms with Crippen molar-refractivity contribution in [3.05, 3.63) is 35.4 Å². The number of hydrogen-bond acceptors (Lipinski definition) is 5. The molecule has 3 N–H and O–H groups in total. The van der Waals surface area contributed by atoms with Crippen molar-refractivity contribution in [1.29, 1.82) is 0 Å². The van der Waals surface area contributed by atoms with Gasteiger partial charge in [0.1, 0.15) is 5.56 Å². The molecule has 2 heterocycles. The number of halogens is 3. The molecule has 5 saturated carbocycles. The lowest BCUT2D eigenvalue weighted by Crippen LogP contribution is -2.61. The van der Waals surface area contributed by atoms with Crippen molar-refractivity contribution in [1.82, 2.24) is 24.9 Å². The fourth-order valence-electron chi connectivity index (χ4n) is 6.70. The predicted molar refractivity (Wildman–Crippen MR) is 120 cm³/mol. The van der Waals surface area contributed by atoms with E-state index in [9.17, 15) is 27.9 Å². The predicted octanol–water partition coefficient (Wildman–Crippen LogP) is 3.41. The van der Waals surface area contributed by atoms with Crippen LogP contribution in [0, 0.1) is 17.8 Å². The van der Waals surface area contributed by atoms with E-state index in [1.165, 1.54) is 0 Å². The van der Waals surface area contributed by atoms with Crippen LogP contribution in [0.25, 0.3) is 0 Å². The molecule has 0 radical (unpaired) electrons. The molecule has 1 amide bonds. The van der Waals surface area contributed by atoms with E-state index < -0.39 is 29.0 Å². The van der Waals surface area contributed by atoms with E-state index in [1.807, 2.05) is 7.05 Å². The summed E-state index contributed by atoms with van der Waals surface area (Å²) in [6.45, 7) is 0. The van der Waals surface area contributed by atoms with Crippen LogP contribution in [0.3, 0.4) is 0 Å². The van der Waals surface area contributed by atoms with E-state index in [0.29, 0.717) is 36.2 Å². The molecule has 2 aromatic heterocycles. The van der Waals surface area contributed by atoms with Gasteiger partial charge in [0, 0.05) is 19.3 Å². The van der Waals surface area contributed by atoms with Gasteiger partial charge in [-0.3, -0.25) is 14.2 Å².